The molecule has 5 nitrogen and oxygen atoms in total. The molecule has 1 fully saturated rings. The summed E-state index contributed by atoms with van der Waals surface area (Å²) in [7, 11) is 0. The van der Waals surface area contributed by atoms with Gasteiger partial charge in [-0.25, -0.2) is 9.82 Å². The fourth-order valence-electron chi connectivity index (χ4n) is 2.72. The van der Waals surface area contributed by atoms with E-state index in [0.717, 1.165) is 0 Å². The Morgan fingerprint density at radius 2 is 2.23 bits per heavy atom. The molecule has 0 saturated carbocycles. The van der Waals surface area contributed by atoms with Crippen molar-refractivity contribution in [2.75, 3.05) is 6.54 Å². The smallest absolute Gasteiger partial charge is 0.255 e. The number of benzene rings is 1. The van der Waals surface area contributed by atoms with Gasteiger partial charge in [0, 0.05) is 18.5 Å². The van der Waals surface area contributed by atoms with Crippen molar-refractivity contribution in [3.63, 3.8) is 0 Å². The van der Waals surface area contributed by atoms with E-state index in [-0.39, 0.29) is 23.8 Å². The lowest BCUT2D eigenvalue weighted by Crippen LogP contribution is -2.40. The second-order valence-corrected chi connectivity index (χ2v) is 5.22. The van der Waals surface area contributed by atoms with E-state index in [1.54, 1.807) is 24.3 Å². The number of rotatable bonds is 4. The predicted molar refractivity (Wildman–Crippen MR) is 79.6 cm³/mol. The molecule has 2 heterocycles. The SMILES string of the molecule is CCc1occc1C(=O)NC1CNNC1c1ccccc1F. The van der Waals surface area contributed by atoms with Gasteiger partial charge in [0.05, 0.1) is 23.9 Å². The number of carbonyl (C=O) groups excluding carboxylic acids is 1. The molecule has 1 aromatic carbocycles. The summed E-state index contributed by atoms with van der Waals surface area (Å²) in [4.78, 5) is 12.4. The zero-order chi connectivity index (χ0) is 15.5. The van der Waals surface area contributed by atoms with Crippen molar-refractivity contribution >= 4 is 5.91 Å². The Hall–Kier alpha value is -2.18. The minimum absolute atomic E-state index is 0.206. The van der Waals surface area contributed by atoms with Crippen LogP contribution in [-0.4, -0.2) is 18.5 Å². The Labute approximate surface area is 127 Å². The highest BCUT2D eigenvalue weighted by molar-refractivity contribution is 5.95. The van der Waals surface area contributed by atoms with Gasteiger partial charge in [0.1, 0.15) is 11.6 Å². The molecule has 1 aliphatic rings. The first-order chi connectivity index (χ1) is 10.7. The number of carbonyl (C=O) groups is 1. The maximum Gasteiger partial charge on any atom is 0.255 e. The number of hydrazine groups is 1. The Balaban J connectivity index is 1.77. The molecule has 0 aliphatic carbocycles. The Morgan fingerprint density at radius 1 is 1.41 bits per heavy atom. The van der Waals surface area contributed by atoms with Gasteiger partial charge in [-0.05, 0) is 12.1 Å². The lowest BCUT2D eigenvalue weighted by atomic mass is 10.00. The standard InChI is InChI=1S/C16H18FN3O2/c1-2-14-11(7-8-22-14)16(21)19-13-9-18-20-15(13)10-5-3-4-6-12(10)17/h3-8,13,15,18,20H,2,9H2,1H3,(H,19,21). The first-order valence-corrected chi connectivity index (χ1v) is 7.30. The van der Waals surface area contributed by atoms with Crippen molar-refractivity contribution in [2.45, 2.75) is 25.4 Å². The van der Waals surface area contributed by atoms with Crippen LogP contribution in [0, 0.1) is 5.82 Å². The molecular weight excluding hydrogens is 285 g/mol. The highest BCUT2D eigenvalue weighted by Gasteiger charge is 2.32. The van der Waals surface area contributed by atoms with Gasteiger partial charge in [-0.1, -0.05) is 25.1 Å². The summed E-state index contributed by atoms with van der Waals surface area (Å²) >= 11 is 0. The lowest BCUT2D eigenvalue weighted by molar-refractivity contribution is 0.0933. The van der Waals surface area contributed by atoms with Crippen molar-refractivity contribution < 1.29 is 13.6 Å². The fourth-order valence-corrected chi connectivity index (χ4v) is 2.72. The lowest BCUT2D eigenvalue weighted by Gasteiger charge is -2.20. The van der Waals surface area contributed by atoms with Crippen molar-refractivity contribution in [3.05, 3.63) is 59.3 Å². The van der Waals surface area contributed by atoms with Crippen LogP contribution in [0.3, 0.4) is 0 Å². The first-order valence-electron chi connectivity index (χ1n) is 7.30. The molecule has 22 heavy (non-hydrogen) atoms. The minimum atomic E-state index is -0.317. The van der Waals surface area contributed by atoms with E-state index in [1.807, 2.05) is 6.92 Å². The molecule has 6 heteroatoms. The van der Waals surface area contributed by atoms with Gasteiger partial charge in [-0.3, -0.25) is 10.2 Å². The van der Waals surface area contributed by atoms with E-state index in [1.165, 1.54) is 12.3 Å². The van der Waals surface area contributed by atoms with Crippen molar-refractivity contribution in [3.8, 4) is 0 Å². The molecule has 0 bridgehead atoms. The van der Waals surface area contributed by atoms with Gasteiger partial charge in [-0.15, -0.1) is 0 Å². The number of nitrogens with one attached hydrogen (secondary N) is 3. The quantitative estimate of drug-likeness (QED) is 0.807. The molecule has 0 spiro atoms. The van der Waals surface area contributed by atoms with E-state index < -0.39 is 0 Å². The summed E-state index contributed by atoms with van der Waals surface area (Å²) in [5, 5.41) is 2.94. The average Bonchev–Trinajstić information content (AvgIpc) is 3.16. The molecule has 2 aromatic rings. The molecule has 3 N–H and O–H groups in total. The van der Waals surface area contributed by atoms with E-state index in [2.05, 4.69) is 16.2 Å². The molecule has 2 atom stereocenters. The van der Waals surface area contributed by atoms with Gasteiger partial charge in [0.2, 0.25) is 0 Å². The Bertz CT molecular complexity index is 671. The number of aryl methyl sites for hydroxylation is 1. The number of hydrogen-bond donors (Lipinski definition) is 3. The minimum Gasteiger partial charge on any atom is -0.469 e. The van der Waals surface area contributed by atoms with Crippen LogP contribution in [0.2, 0.25) is 0 Å². The Morgan fingerprint density at radius 3 is 3.00 bits per heavy atom. The van der Waals surface area contributed by atoms with Crippen LogP contribution in [0.4, 0.5) is 4.39 Å². The van der Waals surface area contributed by atoms with Crippen LogP contribution in [0.1, 0.15) is 34.6 Å². The number of amides is 1. The molecule has 1 amide bonds. The monoisotopic (exact) mass is 303 g/mol. The van der Waals surface area contributed by atoms with Crippen LogP contribution in [-0.2, 0) is 6.42 Å². The molecule has 3 rings (SSSR count). The number of furan rings is 1. The van der Waals surface area contributed by atoms with Crippen molar-refractivity contribution in [2.24, 2.45) is 0 Å². The third-order valence-electron chi connectivity index (χ3n) is 3.85. The summed E-state index contributed by atoms with van der Waals surface area (Å²) in [5.41, 5.74) is 7.05. The van der Waals surface area contributed by atoms with Crippen molar-refractivity contribution in [1.82, 2.24) is 16.2 Å². The molecule has 1 aliphatic heterocycles. The molecule has 2 unspecified atom stereocenters. The topological polar surface area (TPSA) is 66.3 Å². The zero-order valence-electron chi connectivity index (χ0n) is 12.2. The number of halogens is 1. The maximum atomic E-state index is 13.9. The first kappa shape index (κ1) is 14.7. The van der Waals surface area contributed by atoms with Gasteiger partial charge >= 0.3 is 0 Å². The maximum absolute atomic E-state index is 13.9. The van der Waals surface area contributed by atoms with E-state index in [0.29, 0.717) is 29.9 Å². The van der Waals surface area contributed by atoms with E-state index in [4.69, 9.17) is 4.42 Å². The van der Waals surface area contributed by atoms with Crippen LogP contribution >= 0.6 is 0 Å². The van der Waals surface area contributed by atoms with Crippen LogP contribution in [0.25, 0.3) is 0 Å². The third kappa shape index (κ3) is 2.75. The van der Waals surface area contributed by atoms with Crippen LogP contribution in [0.15, 0.2) is 41.0 Å². The summed E-state index contributed by atoms with van der Waals surface area (Å²) in [6, 6.07) is 7.65. The summed E-state index contributed by atoms with van der Waals surface area (Å²) in [5.74, 6) is 0.154. The second kappa shape index (κ2) is 6.29. The number of hydrogen-bond acceptors (Lipinski definition) is 4. The normalized spacial score (nSPS) is 21.0. The van der Waals surface area contributed by atoms with E-state index in [9.17, 15) is 9.18 Å². The van der Waals surface area contributed by atoms with E-state index >= 15 is 0 Å². The molecule has 1 saturated heterocycles. The third-order valence-corrected chi connectivity index (χ3v) is 3.85. The van der Waals surface area contributed by atoms with Crippen LogP contribution < -0.4 is 16.2 Å². The van der Waals surface area contributed by atoms with Gasteiger partial charge in [0.25, 0.3) is 5.91 Å². The highest BCUT2D eigenvalue weighted by Crippen LogP contribution is 2.23. The molecular formula is C16H18FN3O2. The Kier molecular flexibility index (Phi) is 4.22. The van der Waals surface area contributed by atoms with Gasteiger partial charge in [-0.2, -0.15) is 0 Å². The summed E-state index contributed by atoms with van der Waals surface area (Å²) in [6.45, 7) is 2.44. The second-order valence-electron chi connectivity index (χ2n) is 5.22. The predicted octanol–water partition coefficient (Wildman–Crippen LogP) is 1.93. The molecule has 0 radical (unpaired) electrons. The van der Waals surface area contributed by atoms with Gasteiger partial charge in [0.15, 0.2) is 0 Å². The summed E-state index contributed by atoms with van der Waals surface area (Å²) in [6.07, 6.45) is 2.15. The molecule has 1 aromatic heterocycles. The average molecular weight is 303 g/mol. The molecule has 116 valence electrons. The van der Waals surface area contributed by atoms with Gasteiger partial charge < -0.3 is 9.73 Å². The van der Waals surface area contributed by atoms with Crippen molar-refractivity contribution in [1.29, 1.82) is 0 Å². The summed E-state index contributed by atoms with van der Waals surface area (Å²) < 4.78 is 19.2. The fraction of sp³-hybridized carbons (Fsp3) is 0.312. The van der Waals surface area contributed by atoms with Crippen LogP contribution in [0.5, 0.6) is 0 Å². The highest BCUT2D eigenvalue weighted by atomic mass is 19.1. The largest absolute Gasteiger partial charge is 0.469 e. The zero-order valence-corrected chi connectivity index (χ0v) is 12.2.